The van der Waals surface area contributed by atoms with Crippen molar-refractivity contribution in [3.05, 3.63) is 68.8 Å². The van der Waals surface area contributed by atoms with Crippen LogP contribution in [-0.2, 0) is 18.2 Å². The lowest BCUT2D eigenvalue weighted by atomic mass is 10.0. The second kappa shape index (κ2) is 11.3. The van der Waals surface area contributed by atoms with E-state index < -0.39 is 25.8 Å². The number of rotatable bonds is 11. The molecule has 0 saturated carbocycles. The molecular weight excluding hydrogens is 470 g/mol. The van der Waals surface area contributed by atoms with Gasteiger partial charge in [0.2, 0.25) is 18.2 Å². The van der Waals surface area contributed by atoms with E-state index in [1.54, 1.807) is 41.5 Å². The van der Waals surface area contributed by atoms with Crippen LogP contribution in [-0.4, -0.2) is 36.6 Å². The van der Waals surface area contributed by atoms with Gasteiger partial charge in [0.25, 0.3) is 0 Å². The molecule has 0 aromatic heterocycles. The molecule has 0 aliphatic rings. The monoisotopic (exact) mass is 506 g/mol. The molecule has 0 aliphatic heterocycles. The predicted octanol–water partition coefficient (Wildman–Crippen LogP) is 7.15. The van der Waals surface area contributed by atoms with E-state index >= 15 is 0 Å². The quantitative estimate of drug-likeness (QED) is 0.301. The van der Waals surface area contributed by atoms with Crippen molar-refractivity contribution in [1.29, 1.82) is 0 Å². The van der Waals surface area contributed by atoms with E-state index in [0.717, 1.165) is 11.1 Å². The SMILES string of the molecule is CCOP(=O)(CCP(=O)(C(=O)c1c(C)cc(C)cc1C)C(=O)c1c(C)cc(C)cc1C)OCC. The minimum Gasteiger partial charge on any atom is -0.309 e. The summed E-state index contributed by atoms with van der Waals surface area (Å²) in [6.45, 7) is 14.6. The van der Waals surface area contributed by atoms with Crippen molar-refractivity contribution in [3.8, 4) is 0 Å². The first-order chi connectivity index (χ1) is 15.8. The zero-order valence-corrected chi connectivity index (χ0v) is 23.3. The Hall–Kier alpha value is -1.84. The summed E-state index contributed by atoms with van der Waals surface area (Å²) in [6, 6.07) is 7.34. The van der Waals surface area contributed by atoms with Crippen LogP contribution in [0.2, 0.25) is 0 Å². The molecule has 2 aromatic rings. The normalized spacial score (nSPS) is 12.1. The third-order valence-corrected chi connectivity index (χ3v) is 10.8. The summed E-state index contributed by atoms with van der Waals surface area (Å²) in [4.78, 5) is 27.8. The lowest BCUT2D eigenvalue weighted by Gasteiger charge is -2.23. The van der Waals surface area contributed by atoms with Gasteiger partial charge in [-0.2, -0.15) is 0 Å². The molecule has 0 aliphatic carbocycles. The van der Waals surface area contributed by atoms with Crippen LogP contribution in [0.15, 0.2) is 24.3 Å². The Morgan fingerprint density at radius 1 is 0.647 bits per heavy atom. The summed E-state index contributed by atoms with van der Waals surface area (Å²) < 4.78 is 38.4. The molecule has 0 fully saturated rings. The molecule has 0 atom stereocenters. The zero-order chi connectivity index (χ0) is 25.8. The Labute approximate surface area is 203 Å². The summed E-state index contributed by atoms with van der Waals surface area (Å²) in [5.41, 5.74) is 3.73. The zero-order valence-electron chi connectivity index (χ0n) is 21.5. The Morgan fingerprint density at radius 2 is 0.971 bits per heavy atom. The molecule has 2 rings (SSSR count). The molecule has 0 unspecified atom stereocenters. The highest BCUT2D eigenvalue weighted by Crippen LogP contribution is 2.58. The highest BCUT2D eigenvalue weighted by Gasteiger charge is 2.44. The van der Waals surface area contributed by atoms with E-state index in [0.29, 0.717) is 22.3 Å². The smallest absolute Gasteiger partial charge is 0.309 e. The molecule has 8 heteroatoms. The summed E-state index contributed by atoms with van der Waals surface area (Å²) in [5, 5.41) is 0. The molecule has 0 N–H and O–H groups in total. The summed E-state index contributed by atoms with van der Waals surface area (Å²) in [6.07, 6.45) is -0.668. The first-order valence-corrected chi connectivity index (χ1v) is 15.1. The first-order valence-electron chi connectivity index (χ1n) is 11.5. The number of hydrogen-bond donors (Lipinski definition) is 0. The maximum atomic E-state index is 14.5. The van der Waals surface area contributed by atoms with Crippen LogP contribution >= 0.6 is 14.7 Å². The maximum Gasteiger partial charge on any atom is 0.331 e. The van der Waals surface area contributed by atoms with Crippen LogP contribution in [0, 0.1) is 41.5 Å². The molecule has 0 heterocycles. The van der Waals surface area contributed by atoms with Crippen LogP contribution in [0.4, 0.5) is 0 Å². The fraction of sp³-hybridized carbons (Fsp3) is 0.462. The van der Waals surface area contributed by atoms with Gasteiger partial charge in [0.1, 0.15) is 0 Å². The van der Waals surface area contributed by atoms with E-state index in [2.05, 4.69) is 0 Å². The van der Waals surface area contributed by atoms with Gasteiger partial charge in [-0.1, -0.05) is 35.4 Å². The van der Waals surface area contributed by atoms with Crippen LogP contribution in [0.25, 0.3) is 0 Å². The highest BCUT2D eigenvalue weighted by atomic mass is 31.2. The molecule has 0 radical (unpaired) electrons. The Morgan fingerprint density at radius 3 is 1.26 bits per heavy atom. The van der Waals surface area contributed by atoms with Gasteiger partial charge in [0.15, 0.2) is 0 Å². The Balaban J connectivity index is 2.69. The van der Waals surface area contributed by atoms with Gasteiger partial charge in [-0.3, -0.25) is 14.2 Å². The van der Waals surface area contributed by atoms with Crippen LogP contribution in [0.1, 0.15) is 67.9 Å². The summed E-state index contributed by atoms with van der Waals surface area (Å²) >= 11 is 0. The summed E-state index contributed by atoms with van der Waals surface area (Å²) in [5.74, 6) is 0. The Bertz CT molecular complexity index is 1070. The molecule has 2 aromatic carbocycles. The van der Waals surface area contributed by atoms with E-state index in [1.165, 1.54) is 0 Å². The number of carbonyl (C=O) groups is 2. The van der Waals surface area contributed by atoms with Crippen LogP contribution < -0.4 is 0 Å². The second-order valence-electron chi connectivity index (χ2n) is 8.79. The predicted molar refractivity (Wildman–Crippen MR) is 138 cm³/mol. The second-order valence-corrected chi connectivity index (χ2v) is 13.7. The largest absolute Gasteiger partial charge is 0.331 e. The van der Waals surface area contributed by atoms with Crippen molar-refractivity contribution < 1.29 is 27.8 Å². The standard InChI is InChI=1S/C26H36O6P2/c1-9-31-34(30,32-10-2)12-11-33(29,25(27)23-19(5)13-17(3)14-20(23)6)26(28)24-21(7)15-18(4)16-22(24)8/h13-16H,9-12H2,1-8H3. The third-order valence-electron chi connectivity index (χ3n) is 5.78. The average molecular weight is 507 g/mol. The van der Waals surface area contributed by atoms with Gasteiger partial charge in [-0.15, -0.1) is 0 Å². The molecule has 186 valence electrons. The van der Waals surface area contributed by atoms with Crippen molar-refractivity contribution >= 4 is 25.8 Å². The molecule has 0 amide bonds. The van der Waals surface area contributed by atoms with Crippen LogP contribution in [0.5, 0.6) is 0 Å². The van der Waals surface area contributed by atoms with Crippen molar-refractivity contribution in [2.24, 2.45) is 0 Å². The number of aryl methyl sites for hydroxylation is 6. The van der Waals surface area contributed by atoms with E-state index in [-0.39, 0.29) is 36.7 Å². The van der Waals surface area contributed by atoms with Gasteiger partial charge < -0.3 is 13.6 Å². The molecule has 0 bridgehead atoms. The lowest BCUT2D eigenvalue weighted by Crippen LogP contribution is -2.19. The fourth-order valence-electron chi connectivity index (χ4n) is 4.51. The molecule has 0 saturated heterocycles. The van der Waals surface area contributed by atoms with Crippen molar-refractivity contribution in [1.82, 2.24) is 0 Å². The van der Waals surface area contributed by atoms with Crippen molar-refractivity contribution in [2.45, 2.75) is 55.4 Å². The van der Waals surface area contributed by atoms with Crippen LogP contribution in [0.3, 0.4) is 0 Å². The van der Waals surface area contributed by atoms with Gasteiger partial charge in [-0.25, -0.2) is 0 Å². The Kier molecular flexibility index (Phi) is 9.41. The molecular formula is C26H36O6P2. The van der Waals surface area contributed by atoms with E-state index in [1.807, 2.05) is 38.1 Å². The van der Waals surface area contributed by atoms with Gasteiger partial charge in [0.05, 0.1) is 19.4 Å². The lowest BCUT2D eigenvalue weighted by molar-refractivity contribution is 0.103. The van der Waals surface area contributed by atoms with Crippen molar-refractivity contribution in [3.63, 3.8) is 0 Å². The summed E-state index contributed by atoms with van der Waals surface area (Å²) in [7, 11) is -7.86. The molecule has 0 spiro atoms. The van der Waals surface area contributed by atoms with Gasteiger partial charge >= 0.3 is 7.60 Å². The van der Waals surface area contributed by atoms with Gasteiger partial charge in [-0.05, 0) is 77.6 Å². The average Bonchev–Trinajstić information content (AvgIpc) is 2.70. The first kappa shape index (κ1) is 28.4. The molecule has 6 nitrogen and oxygen atoms in total. The van der Waals surface area contributed by atoms with Gasteiger partial charge in [0, 0.05) is 17.3 Å². The van der Waals surface area contributed by atoms with E-state index in [9.17, 15) is 18.7 Å². The minimum atomic E-state index is -4.24. The minimum absolute atomic E-state index is 0.135. The number of carbonyl (C=O) groups excluding carboxylic acids is 2. The highest BCUT2D eigenvalue weighted by molar-refractivity contribution is 7.95. The van der Waals surface area contributed by atoms with Crippen molar-refractivity contribution in [2.75, 3.05) is 25.5 Å². The maximum absolute atomic E-state index is 14.5. The third kappa shape index (κ3) is 6.04. The molecule has 34 heavy (non-hydrogen) atoms. The van der Waals surface area contributed by atoms with E-state index in [4.69, 9.17) is 9.05 Å². The topological polar surface area (TPSA) is 86.7 Å². The fourth-order valence-corrected chi connectivity index (χ4v) is 9.76. The number of benzene rings is 2. The number of hydrogen-bond acceptors (Lipinski definition) is 6.